The van der Waals surface area contributed by atoms with Gasteiger partial charge < -0.3 is 10.0 Å². The molecule has 0 amide bonds. The van der Waals surface area contributed by atoms with E-state index < -0.39 is 11.8 Å². The van der Waals surface area contributed by atoms with Crippen LogP contribution in [0, 0.1) is 6.92 Å². The largest absolute Gasteiger partial charge is 0.421 e. The molecule has 0 saturated heterocycles. The molecular weight excluding hydrogens is 349 g/mol. The Hall–Kier alpha value is -1.21. The summed E-state index contributed by atoms with van der Waals surface area (Å²) in [4.78, 5) is 6.63. The van der Waals surface area contributed by atoms with Crippen molar-refractivity contribution in [3.63, 3.8) is 0 Å². The van der Waals surface area contributed by atoms with Crippen molar-refractivity contribution in [1.82, 2.24) is 4.90 Å². The molecule has 1 N–H and O–H groups in total. The van der Waals surface area contributed by atoms with E-state index in [1.165, 1.54) is 17.8 Å². The van der Waals surface area contributed by atoms with Crippen LogP contribution in [-0.2, 0) is 5.60 Å². The van der Waals surface area contributed by atoms with Gasteiger partial charge in [0, 0.05) is 24.1 Å². The molecule has 1 rings (SSSR count). The van der Waals surface area contributed by atoms with Gasteiger partial charge in [-0.2, -0.15) is 13.2 Å². The first-order valence-electron chi connectivity index (χ1n) is 8.33. The standard InChI is InChI=1S/C18H27F3N2OS/c1-6-8-9-17(24,18(19,20)21)14-10-13(3)15(11-16(14)25-5)22-12-23(4)7-2/h10-12,24H,6-9H2,1-5H3. The van der Waals surface area contributed by atoms with E-state index >= 15 is 0 Å². The zero-order valence-corrected chi connectivity index (χ0v) is 16.3. The van der Waals surface area contributed by atoms with Crippen LogP contribution in [0.1, 0.15) is 44.2 Å². The molecule has 0 fully saturated rings. The molecule has 1 unspecified atom stereocenters. The van der Waals surface area contributed by atoms with Gasteiger partial charge >= 0.3 is 6.18 Å². The summed E-state index contributed by atoms with van der Waals surface area (Å²) in [7, 11) is 1.87. The van der Waals surface area contributed by atoms with E-state index in [2.05, 4.69) is 4.99 Å². The van der Waals surface area contributed by atoms with E-state index in [9.17, 15) is 18.3 Å². The molecule has 25 heavy (non-hydrogen) atoms. The second-order valence-corrected chi connectivity index (χ2v) is 6.97. The second-order valence-electron chi connectivity index (χ2n) is 6.12. The average molecular weight is 376 g/mol. The van der Waals surface area contributed by atoms with Gasteiger partial charge in [0.2, 0.25) is 0 Å². The molecule has 3 nitrogen and oxygen atoms in total. The van der Waals surface area contributed by atoms with Crippen LogP contribution in [-0.4, -0.2) is 42.4 Å². The Balaban J connectivity index is 3.43. The minimum absolute atomic E-state index is 0.0822. The third-order valence-corrected chi connectivity index (χ3v) is 5.00. The molecule has 1 aromatic rings. The summed E-state index contributed by atoms with van der Waals surface area (Å²) in [5.74, 6) is 0. The van der Waals surface area contributed by atoms with Gasteiger partial charge in [-0.15, -0.1) is 11.8 Å². The van der Waals surface area contributed by atoms with Crippen LogP contribution in [0.15, 0.2) is 22.0 Å². The van der Waals surface area contributed by atoms with Gasteiger partial charge in [0.15, 0.2) is 5.60 Å². The molecule has 142 valence electrons. The van der Waals surface area contributed by atoms with E-state index in [4.69, 9.17) is 0 Å². The van der Waals surface area contributed by atoms with Crippen LogP contribution in [0.3, 0.4) is 0 Å². The Kier molecular flexibility index (Phi) is 7.81. The number of halogens is 3. The number of unbranched alkanes of at least 4 members (excludes halogenated alkanes) is 1. The Bertz CT molecular complexity index is 605. The number of hydrogen-bond acceptors (Lipinski definition) is 3. The predicted octanol–water partition coefficient (Wildman–Crippen LogP) is 5.27. The molecule has 0 bridgehead atoms. The summed E-state index contributed by atoms with van der Waals surface area (Å²) in [5.41, 5.74) is -1.71. The summed E-state index contributed by atoms with van der Waals surface area (Å²) in [6.07, 6.45) is -0.842. The summed E-state index contributed by atoms with van der Waals surface area (Å²) in [5, 5.41) is 10.5. The maximum atomic E-state index is 13.7. The predicted molar refractivity (Wildman–Crippen MR) is 98.9 cm³/mol. The lowest BCUT2D eigenvalue weighted by molar-refractivity contribution is -0.270. The molecule has 1 aromatic carbocycles. The van der Waals surface area contributed by atoms with Crippen LogP contribution in [0.5, 0.6) is 0 Å². The number of alkyl halides is 3. The fourth-order valence-electron chi connectivity index (χ4n) is 2.41. The number of thioether (sulfide) groups is 1. The maximum absolute atomic E-state index is 13.7. The third-order valence-electron chi connectivity index (χ3n) is 4.22. The molecule has 7 heteroatoms. The van der Waals surface area contributed by atoms with Crippen LogP contribution in [0.2, 0.25) is 0 Å². The zero-order valence-electron chi connectivity index (χ0n) is 15.4. The molecule has 0 radical (unpaired) electrons. The van der Waals surface area contributed by atoms with Crippen molar-refractivity contribution in [2.45, 2.75) is 56.7 Å². The van der Waals surface area contributed by atoms with Gasteiger partial charge in [-0.25, -0.2) is 4.99 Å². The molecule has 0 saturated carbocycles. The minimum Gasteiger partial charge on any atom is -0.376 e. The molecule has 0 aliphatic carbocycles. The normalized spacial score (nSPS) is 14.8. The highest BCUT2D eigenvalue weighted by molar-refractivity contribution is 7.98. The van der Waals surface area contributed by atoms with E-state index in [0.717, 1.165) is 6.54 Å². The minimum atomic E-state index is -4.73. The first-order valence-corrected chi connectivity index (χ1v) is 9.55. The summed E-state index contributed by atoms with van der Waals surface area (Å²) >= 11 is 1.19. The SMILES string of the molecule is CCCCC(O)(c1cc(C)c(N=CN(C)CC)cc1SC)C(F)(F)F. The lowest BCUT2D eigenvalue weighted by atomic mass is 9.86. The Morgan fingerprint density at radius 2 is 1.92 bits per heavy atom. The number of benzene rings is 1. The number of hydrogen-bond donors (Lipinski definition) is 1. The molecular formula is C18H27F3N2OS. The van der Waals surface area contributed by atoms with Gasteiger partial charge in [0.25, 0.3) is 0 Å². The fraction of sp³-hybridized carbons (Fsp3) is 0.611. The number of aliphatic hydroxyl groups is 1. The van der Waals surface area contributed by atoms with Crippen molar-refractivity contribution >= 4 is 23.8 Å². The van der Waals surface area contributed by atoms with E-state index in [0.29, 0.717) is 29.0 Å². The Morgan fingerprint density at radius 3 is 2.40 bits per heavy atom. The topological polar surface area (TPSA) is 35.8 Å². The van der Waals surface area contributed by atoms with Crippen molar-refractivity contribution < 1.29 is 18.3 Å². The molecule has 1 atom stereocenters. The van der Waals surface area contributed by atoms with Crippen LogP contribution >= 0.6 is 11.8 Å². The summed E-state index contributed by atoms with van der Waals surface area (Å²) in [6, 6.07) is 3.05. The van der Waals surface area contributed by atoms with Crippen molar-refractivity contribution in [2.24, 2.45) is 4.99 Å². The summed E-state index contributed by atoms with van der Waals surface area (Å²) in [6.45, 7) is 6.27. The molecule has 0 aliphatic heterocycles. The Labute approximate surface area is 152 Å². The molecule has 0 aliphatic rings. The van der Waals surface area contributed by atoms with Crippen LogP contribution in [0.25, 0.3) is 0 Å². The van der Waals surface area contributed by atoms with Crippen LogP contribution in [0.4, 0.5) is 18.9 Å². The highest BCUT2D eigenvalue weighted by atomic mass is 32.2. The van der Waals surface area contributed by atoms with Gasteiger partial charge in [-0.1, -0.05) is 19.8 Å². The summed E-state index contributed by atoms with van der Waals surface area (Å²) < 4.78 is 41.0. The monoisotopic (exact) mass is 376 g/mol. The van der Waals surface area contributed by atoms with E-state index in [1.54, 1.807) is 32.5 Å². The van der Waals surface area contributed by atoms with Crippen LogP contribution < -0.4 is 0 Å². The lowest BCUT2D eigenvalue weighted by Gasteiger charge is -2.33. The van der Waals surface area contributed by atoms with Crippen molar-refractivity contribution in [1.29, 1.82) is 0 Å². The number of rotatable bonds is 8. The molecule has 0 spiro atoms. The average Bonchev–Trinajstić information content (AvgIpc) is 2.56. The number of nitrogens with zero attached hydrogens (tertiary/aromatic N) is 2. The highest BCUT2D eigenvalue weighted by Crippen LogP contribution is 2.47. The lowest BCUT2D eigenvalue weighted by Crippen LogP contribution is -2.42. The van der Waals surface area contributed by atoms with E-state index in [1.807, 2.05) is 18.9 Å². The quantitative estimate of drug-likeness (QED) is 0.381. The van der Waals surface area contributed by atoms with Crippen molar-refractivity contribution in [3.8, 4) is 0 Å². The Morgan fingerprint density at radius 1 is 1.28 bits per heavy atom. The first kappa shape index (κ1) is 21.8. The van der Waals surface area contributed by atoms with E-state index in [-0.39, 0.29) is 12.0 Å². The van der Waals surface area contributed by atoms with Gasteiger partial charge in [0.05, 0.1) is 12.0 Å². The second kappa shape index (κ2) is 8.94. The zero-order chi connectivity index (χ0) is 19.3. The smallest absolute Gasteiger partial charge is 0.376 e. The van der Waals surface area contributed by atoms with Gasteiger partial charge in [-0.3, -0.25) is 0 Å². The van der Waals surface area contributed by atoms with Crippen molar-refractivity contribution in [3.05, 3.63) is 23.3 Å². The molecule has 0 heterocycles. The fourth-order valence-corrected chi connectivity index (χ4v) is 3.09. The van der Waals surface area contributed by atoms with Crippen molar-refractivity contribution in [2.75, 3.05) is 19.8 Å². The number of aryl methyl sites for hydroxylation is 1. The molecule has 0 aromatic heterocycles. The van der Waals surface area contributed by atoms with Gasteiger partial charge in [-0.05, 0) is 44.2 Å². The first-order chi connectivity index (χ1) is 11.6. The van der Waals surface area contributed by atoms with Gasteiger partial charge in [0.1, 0.15) is 0 Å². The third kappa shape index (κ3) is 5.14. The maximum Gasteiger partial charge on any atom is 0.421 e. The highest BCUT2D eigenvalue weighted by Gasteiger charge is 2.55. The number of aliphatic imine (C=N–C) groups is 1.